The third-order valence-corrected chi connectivity index (χ3v) is 2.50. The van der Waals surface area contributed by atoms with Gasteiger partial charge >= 0.3 is 0 Å². The van der Waals surface area contributed by atoms with Crippen LogP contribution in [0.15, 0.2) is 0 Å². The Morgan fingerprint density at radius 2 is 1.88 bits per heavy atom. The van der Waals surface area contributed by atoms with Crippen LogP contribution >= 0.6 is 9.24 Å². The molecule has 1 rings (SSSR count). The van der Waals surface area contributed by atoms with Gasteiger partial charge in [-0.25, -0.2) is 8.78 Å². The van der Waals surface area contributed by atoms with Gasteiger partial charge in [0.2, 0.25) is 0 Å². The van der Waals surface area contributed by atoms with E-state index in [0.717, 1.165) is 0 Å². The van der Waals surface area contributed by atoms with Crippen molar-refractivity contribution in [3.05, 3.63) is 0 Å². The van der Waals surface area contributed by atoms with Gasteiger partial charge in [-0.15, -0.1) is 0 Å². The van der Waals surface area contributed by atoms with E-state index in [1.165, 1.54) is 0 Å². The second-order valence-electron chi connectivity index (χ2n) is 2.68. The molecule has 1 fully saturated rings. The van der Waals surface area contributed by atoms with Crippen molar-refractivity contribution in [2.45, 2.75) is 25.4 Å². The van der Waals surface area contributed by atoms with Gasteiger partial charge in [0.05, 0.1) is 0 Å². The normalized spacial score (nSPS) is 25.5. The molecule has 1 saturated carbocycles. The van der Waals surface area contributed by atoms with Crippen LogP contribution in [0.4, 0.5) is 8.78 Å². The van der Waals surface area contributed by atoms with Crippen molar-refractivity contribution in [1.82, 2.24) is 0 Å². The molecule has 3 heteroatoms. The Kier molecular flexibility index (Phi) is 1.13. The van der Waals surface area contributed by atoms with E-state index in [9.17, 15) is 8.78 Å². The second kappa shape index (κ2) is 1.41. The van der Waals surface area contributed by atoms with Gasteiger partial charge in [0.15, 0.2) is 0 Å². The summed E-state index contributed by atoms with van der Waals surface area (Å²) < 4.78 is 24.5. The summed E-state index contributed by atoms with van der Waals surface area (Å²) >= 11 is 0. The molecule has 0 radical (unpaired) electrons. The largest absolute Gasteiger partial charge is 0.264 e. The molecule has 0 aromatic carbocycles. The lowest BCUT2D eigenvalue weighted by Crippen LogP contribution is -2.18. The van der Waals surface area contributed by atoms with Crippen LogP contribution < -0.4 is 0 Å². The summed E-state index contributed by atoms with van der Waals surface area (Å²) in [4.78, 5) is 0. The molecule has 8 heavy (non-hydrogen) atoms. The van der Waals surface area contributed by atoms with Gasteiger partial charge in [0.25, 0.3) is 5.66 Å². The molecule has 0 aromatic rings. The molecule has 48 valence electrons. The molecular weight excluding hydrogens is 129 g/mol. The number of hydrogen-bond donors (Lipinski definition) is 0. The monoisotopic (exact) mass is 138 g/mol. The highest BCUT2D eigenvalue weighted by Gasteiger charge is 2.55. The zero-order valence-corrected chi connectivity index (χ0v) is 5.90. The smallest absolute Gasteiger partial charge is 0.202 e. The molecule has 1 atom stereocenters. The minimum absolute atomic E-state index is 0.670. The van der Waals surface area contributed by atoms with Crippen molar-refractivity contribution in [3.63, 3.8) is 0 Å². The zero-order chi connectivity index (χ0) is 6.41. The molecule has 1 unspecified atom stereocenters. The predicted molar refractivity (Wildman–Crippen MR) is 32.0 cm³/mol. The summed E-state index contributed by atoms with van der Waals surface area (Å²) in [5.74, 6) is 0. The van der Waals surface area contributed by atoms with Crippen LogP contribution in [0.5, 0.6) is 0 Å². The minimum atomic E-state index is -2.53. The van der Waals surface area contributed by atoms with E-state index in [2.05, 4.69) is 0 Å². The third kappa shape index (κ3) is 0.862. The molecule has 0 aromatic heterocycles. The molecule has 0 heterocycles. The van der Waals surface area contributed by atoms with Crippen LogP contribution in [0.1, 0.15) is 19.8 Å². The van der Waals surface area contributed by atoms with Gasteiger partial charge in [-0.05, 0) is 12.8 Å². The van der Waals surface area contributed by atoms with Crippen molar-refractivity contribution in [3.8, 4) is 0 Å². The third-order valence-electron chi connectivity index (χ3n) is 1.80. The van der Waals surface area contributed by atoms with Gasteiger partial charge in [0.1, 0.15) is 0 Å². The van der Waals surface area contributed by atoms with Crippen molar-refractivity contribution in [2.75, 3.05) is 0 Å². The molecular formula is C5H9F2P. The van der Waals surface area contributed by atoms with Crippen molar-refractivity contribution >= 4 is 9.24 Å². The molecule has 0 amide bonds. The van der Waals surface area contributed by atoms with Crippen LogP contribution in [0.3, 0.4) is 0 Å². The van der Waals surface area contributed by atoms with Gasteiger partial charge in [-0.3, -0.25) is 0 Å². The Bertz CT molecular complexity index is 98.2. The van der Waals surface area contributed by atoms with E-state index in [1.54, 1.807) is 16.2 Å². The topological polar surface area (TPSA) is 0 Å². The maximum atomic E-state index is 12.3. The predicted octanol–water partition coefficient (Wildman–Crippen LogP) is 2.25. The molecule has 0 aliphatic heterocycles. The van der Waals surface area contributed by atoms with Gasteiger partial charge in [0, 0.05) is 5.41 Å². The highest BCUT2D eigenvalue weighted by Crippen LogP contribution is 2.59. The van der Waals surface area contributed by atoms with Crippen LogP contribution in [0, 0.1) is 5.41 Å². The van der Waals surface area contributed by atoms with Crippen LogP contribution in [-0.2, 0) is 0 Å². The molecule has 0 spiro atoms. The van der Waals surface area contributed by atoms with Gasteiger partial charge in [-0.1, -0.05) is 16.2 Å². The fourth-order valence-corrected chi connectivity index (χ4v) is 0.809. The second-order valence-corrected chi connectivity index (χ2v) is 3.41. The number of rotatable bonds is 1. The highest BCUT2D eigenvalue weighted by atomic mass is 31.0. The average Bonchev–Trinajstić information content (AvgIpc) is 2.16. The Balaban J connectivity index is 2.58. The zero-order valence-electron chi connectivity index (χ0n) is 4.75. The molecule has 1 aliphatic carbocycles. The first-order chi connectivity index (χ1) is 3.46. The Labute approximate surface area is 49.9 Å². The Morgan fingerprint density at radius 3 is 1.88 bits per heavy atom. The molecule has 0 N–H and O–H groups in total. The number of hydrogen-bond acceptors (Lipinski definition) is 0. The van der Waals surface area contributed by atoms with Gasteiger partial charge in [-0.2, -0.15) is 0 Å². The van der Waals surface area contributed by atoms with Crippen LogP contribution in [-0.4, -0.2) is 5.66 Å². The molecule has 1 aliphatic rings. The summed E-state index contributed by atoms with van der Waals surface area (Å²) in [5, 5.41) is 0. The first kappa shape index (κ1) is 6.41. The van der Waals surface area contributed by atoms with Crippen LogP contribution in [0.25, 0.3) is 0 Å². The van der Waals surface area contributed by atoms with Crippen molar-refractivity contribution < 1.29 is 8.78 Å². The maximum absolute atomic E-state index is 12.3. The fourth-order valence-electron chi connectivity index (χ4n) is 0.521. The summed E-state index contributed by atoms with van der Waals surface area (Å²) in [6.45, 7) is 1.61. The lowest BCUT2D eigenvalue weighted by atomic mass is 10.1. The lowest BCUT2D eigenvalue weighted by molar-refractivity contribution is 0.0305. The summed E-state index contributed by atoms with van der Waals surface area (Å²) in [6.07, 6.45) is 1.34. The quantitative estimate of drug-likeness (QED) is 0.487. The molecule has 0 saturated heterocycles. The van der Waals surface area contributed by atoms with E-state index >= 15 is 0 Å². The number of alkyl halides is 2. The number of halogens is 2. The molecule has 0 nitrogen and oxygen atoms in total. The summed E-state index contributed by atoms with van der Waals surface area (Å²) in [7, 11) is 1.59. The molecule has 0 bridgehead atoms. The Hall–Kier alpha value is 0.290. The summed E-state index contributed by atoms with van der Waals surface area (Å²) in [6, 6.07) is 0. The van der Waals surface area contributed by atoms with Crippen molar-refractivity contribution in [2.24, 2.45) is 5.41 Å². The average molecular weight is 138 g/mol. The van der Waals surface area contributed by atoms with E-state index in [0.29, 0.717) is 12.8 Å². The summed E-state index contributed by atoms with van der Waals surface area (Å²) in [5.41, 5.74) is -3.22. The first-order valence-corrected chi connectivity index (χ1v) is 3.20. The van der Waals surface area contributed by atoms with E-state index in [1.807, 2.05) is 0 Å². The Morgan fingerprint density at radius 1 is 1.50 bits per heavy atom. The van der Waals surface area contributed by atoms with E-state index in [-0.39, 0.29) is 0 Å². The highest BCUT2D eigenvalue weighted by molar-refractivity contribution is 7.18. The van der Waals surface area contributed by atoms with E-state index in [4.69, 9.17) is 0 Å². The first-order valence-electron chi connectivity index (χ1n) is 2.62. The standard InChI is InChI=1S/C5H9F2P/c1-4(2-3-4)5(6,7)8/h2-3,8H2,1H3. The van der Waals surface area contributed by atoms with Crippen molar-refractivity contribution in [1.29, 1.82) is 0 Å². The lowest BCUT2D eigenvalue weighted by Gasteiger charge is -2.16. The van der Waals surface area contributed by atoms with Crippen LogP contribution in [0.2, 0.25) is 0 Å². The maximum Gasteiger partial charge on any atom is 0.264 e. The fraction of sp³-hybridized carbons (Fsp3) is 1.00. The SMILES string of the molecule is CC1(C(F)(F)P)CC1. The minimum Gasteiger partial charge on any atom is -0.202 e. The van der Waals surface area contributed by atoms with Gasteiger partial charge < -0.3 is 0 Å². The van der Waals surface area contributed by atoms with E-state index < -0.39 is 11.1 Å².